The predicted molar refractivity (Wildman–Crippen MR) is 82.5 cm³/mol. The Kier molecular flexibility index (Phi) is 5.69. The number of benzene rings is 2. The fourth-order valence-corrected chi connectivity index (χ4v) is 1.81. The highest BCUT2D eigenvalue weighted by atomic mass is 16.5. The van der Waals surface area contributed by atoms with Crippen molar-refractivity contribution in [2.45, 2.75) is 6.61 Å². The molecule has 0 aromatic heterocycles. The molecule has 21 heavy (non-hydrogen) atoms. The molecule has 0 heterocycles. The van der Waals surface area contributed by atoms with Gasteiger partial charge in [0.1, 0.15) is 24.7 Å². The van der Waals surface area contributed by atoms with Gasteiger partial charge in [-0.1, -0.05) is 36.3 Å². The minimum absolute atomic E-state index is 0.468. The molecule has 0 atom stereocenters. The second-order valence-corrected chi connectivity index (χ2v) is 4.42. The van der Waals surface area contributed by atoms with E-state index < -0.39 is 0 Å². The Hall–Kier alpha value is -2.44. The Morgan fingerprint density at radius 2 is 1.81 bits per heavy atom. The molecule has 2 rings (SSSR count). The van der Waals surface area contributed by atoms with Gasteiger partial charge in [-0.25, -0.2) is 0 Å². The number of terminal acetylenes is 1. The van der Waals surface area contributed by atoms with Crippen molar-refractivity contribution in [3.8, 4) is 23.8 Å². The van der Waals surface area contributed by atoms with Gasteiger partial charge in [-0.3, -0.25) is 0 Å². The smallest absolute Gasteiger partial charge is 0.135 e. The van der Waals surface area contributed by atoms with Crippen molar-refractivity contribution in [1.29, 1.82) is 0 Å². The maximum atomic E-state index is 5.74. The SMILES string of the molecule is C#Cc1cc(OCc2ccccc2)ccc1OCCOC. The van der Waals surface area contributed by atoms with Gasteiger partial charge in [-0.2, -0.15) is 0 Å². The van der Waals surface area contributed by atoms with Crippen LogP contribution in [0.1, 0.15) is 11.1 Å². The molecule has 2 aromatic rings. The van der Waals surface area contributed by atoms with Gasteiger partial charge >= 0.3 is 0 Å². The Balaban J connectivity index is 2.00. The first-order chi connectivity index (χ1) is 10.3. The highest BCUT2D eigenvalue weighted by molar-refractivity contribution is 5.49. The molecule has 0 radical (unpaired) electrons. The van der Waals surface area contributed by atoms with Gasteiger partial charge in [-0.05, 0) is 23.8 Å². The van der Waals surface area contributed by atoms with Gasteiger partial charge < -0.3 is 14.2 Å². The summed E-state index contributed by atoms with van der Waals surface area (Å²) in [7, 11) is 1.63. The fourth-order valence-electron chi connectivity index (χ4n) is 1.81. The number of rotatable bonds is 7. The van der Waals surface area contributed by atoms with E-state index >= 15 is 0 Å². The molecule has 0 unspecified atom stereocenters. The monoisotopic (exact) mass is 282 g/mol. The Bertz CT molecular complexity index is 600. The van der Waals surface area contributed by atoms with Gasteiger partial charge in [0.15, 0.2) is 0 Å². The molecule has 0 aliphatic carbocycles. The van der Waals surface area contributed by atoms with E-state index in [-0.39, 0.29) is 0 Å². The van der Waals surface area contributed by atoms with Crippen LogP contribution < -0.4 is 9.47 Å². The van der Waals surface area contributed by atoms with Crippen molar-refractivity contribution < 1.29 is 14.2 Å². The summed E-state index contributed by atoms with van der Waals surface area (Å²) >= 11 is 0. The second-order valence-electron chi connectivity index (χ2n) is 4.42. The Labute approximate surface area is 125 Å². The van der Waals surface area contributed by atoms with Crippen molar-refractivity contribution in [3.05, 3.63) is 59.7 Å². The van der Waals surface area contributed by atoms with E-state index in [0.29, 0.717) is 31.1 Å². The van der Waals surface area contributed by atoms with Crippen LogP contribution in [0.2, 0.25) is 0 Å². The van der Waals surface area contributed by atoms with Crippen molar-refractivity contribution in [3.63, 3.8) is 0 Å². The van der Waals surface area contributed by atoms with Crippen LogP contribution >= 0.6 is 0 Å². The average Bonchev–Trinajstić information content (AvgIpc) is 2.55. The molecule has 0 amide bonds. The van der Waals surface area contributed by atoms with Crippen LogP contribution in [-0.2, 0) is 11.3 Å². The molecule has 0 saturated heterocycles. The van der Waals surface area contributed by atoms with Gasteiger partial charge in [0.25, 0.3) is 0 Å². The van der Waals surface area contributed by atoms with Gasteiger partial charge in [0.05, 0.1) is 12.2 Å². The van der Waals surface area contributed by atoms with Crippen LogP contribution in [0.3, 0.4) is 0 Å². The van der Waals surface area contributed by atoms with E-state index in [0.717, 1.165) is 11.3 Å². The van der Waals surface area contributed by atoms with E-state index in [1.807, 2.05) is 48.5 Å². The molecule has 0 aliphatic rings. The van der Waals surface area contributed by atoms with Crippen LogP contribution in [0.5, 0.6) is 11.5 Å². The highest BCUT2D eigenvalue weighted by Crippen LogP contribution is 2.24. The van der Waals surface area contributed by atoms with Crippen LogP contribution in [0.4, 0.5) is 0 Å². The molecule has 0 fully saturated rings. The largest absolute Gasteiger partial charge is 0.490 e. The summed E-state index contributed by atoms with van der Waals surface area (Å²) in [6.45, 7) is 1.50. The summed E-state index contributed by atoms with van der Waals surface area (Å²) in [4.78, 5) is 0. The molecule has 108 valence electrons. The Morgan fingerprint density at radius 1 is 1.00 bits per heavy atom. The van der Waals surface area contributed by atoms with Gasteiger partial charge in [0.2, 0.25) is 0 Å². The minimum atomic E-state index is 0.468. The first-order valence-corrected chi connectivity index (χ1v) is 6.72. The zero-order chi connectivity index (χ0) is 14.9. The first-order valence-electron chi connectivity index (χ1n) is 6.72. The summed E-state index contributed by atoms with van der Waals surface area (Å²) < 4.78 is 16.2. The van der Waals surface area contributed by atoms with Crippen molar-refractivity contribution in [2.24, 2.45) is 0 Å². The van der Waals surface area contributed by atoms with Crippen molar-refractivity contribution in [1.82, 2.24) is 0 Å². The second kappa shape index (κ2) is 7.98. The predicted octanol–water partition coefficient (Wildman–Crippen LogP) is 3.27. The highest BCUT2D eigenvalue weighted by Gasteiger charge is 2.04. The molecule has 0 bridgehead atoms. The van der Waals surface area contributed by atoms with E-state index in [2.05, 4.69) is 5.92 Å². The summed E-state index contributed by atoms with van der Waals surface area (Å²) in [6, 6.07) is 15.5. The van der Waals surface area contributed by atoms with E-state index in [1.165, 1.54) is 0 Å². The van der Waals surface area contributed by atoms with Gasteiger partial charge in [0, 0.05) is 7.11 Å². The number of hydrogen-bond donors (Lipinski definition) is 0. The molecule has 0 aliphatic heterocycles. The van der Waals surface area contributed by atoms with Crippen molar-refractivity contribution in [2.75, 3.05) is 20.3 Å². The summed E-state index contributed by atoms with van der Waals surface area (Å²) in [5, 5.41) is 0. The zero-order valence-corrected chi connectivity index (χ0v) is 12.0. The normalized spacial score (nSPS) is 9.90. The first kappa shape index (κ1) is 15.0. The quantitative estimate of drug-likeness (QED) is 0.576. The molecule has 2 aromatic carbocycles. The lowest BCUT2D eigenvalue weighted by molar-refractivity contribution is 0.146. The van der Waals surface area contributed by atoms with Crippen molar-refractivity contribution >= 4 is 0 Å². The topological polar surface area (TPSA) is 27.7 Å². The standard InChI is InChI=1S/C18H18O3/c1-3-16-13-17(9-10-18(16)20-12-11-19-2)21-14-15-7-5-4-6-8-15/h1,4-10,13H,11-12,14H2,2H3. The van der Waals surface area contributed by atoms with Crippen LogP contribution in [0.15, 0.2) is 48.5 Å². The molecular weight excluding hydrogens is 264 g/mol. The van der Waals surface area contributed by atoms with Crippen LogP contribution in [0, 0.1) is 12.3 Å². The summed E-state index contributed by atoms with van der Waals surface area (Å²) in [5.74, 6) is 4.01. The lowest BCUT2D eigenvalue weighted by Gasteiger charge is -2.11. The third-order valence-corrected chi connectivity index (χ3v) is 2.90. The molecule has 0 saturated carbocycles. The third-order valence-electron chi connectivity index (χ3n) is 2.90. The fraction of sp³-hybridized carbons (Fsp3) is 0.222. The van der Waals surface area contributed by atoms with Crippen LogP contribution in [0.25, 0.3) is 0 Å². The summed E-state index contributed by atoms with van der Waals surface area (Å²) in [5.41, 5.74) is 1.79. The minimum Gasteiger partial charge on any atom is -0.490 e. The lowest BCUT2D eigenvalue weighted by atomic mass is 10.2. The molecule has 3 heteroatoms. The van der Waals surface area contributed by atoms with Gasteiger partial charge in [-0.15, -0.1) is 6.42 Å². The summed E-state index contributed by atoms with van der Waals surface area (Å²) in [6.07, 6.45) is 5.51. The lowest BCUT2D eigenvalue weighted by Crippen LogP contribution is -2.05. The van der Waals surface area contributed by atoms with Crippen LogP contribution in [-0.4, -0.2) is 20.3 Å². The third kappa shape index (κ3) is 4.55. The molecule has 0 N–H and O–H groups in total. The molecule has 3 nitrogen and oxygen atoms in total. The molecule has 0 spiro atoms. The van der Waals surface area contributed by atoms with E-state index in [4.69, 9.17) is 20.6 Å². The maximum Gasteiger partial charge on any atom is 0.135 e. The van der Waals surface area contributed by atoms with E-state index in [1.54, 1.807) is 7.11 Å². The Morgan fingerprint density at radius 3 is 2.52 bits per heavy atom. The molecular formula is C18H18O3. The number of hydrogen-bond acceptors (Lipinski definition) is 3. The van der Waals surface area contributed by atoms with E-state index in [9.17, 15) is 0 Å². The average molecular weight is 282 g/mol. The zero-order valence-electron chi connectivity index (χ0n) is 12.0. The number of ether oxygens (including phenoxy) is 3. The maximum absolute atomic E-state index is 5.74. The number of methoxy groups -OCH3 is 1.